The first-order valence-corrected chi connectivity index (χ1v) is 12.6. The maximum Gasteiger partial charge on any atom is 0.314 e. The van der Waals surface area contributed by atoms with Crippen LogP contribution in [0.4, 0.5) is 5.82 Å². The minimum absolute atomic E-state index is 0.0658. The summed E-state index contributed by atoms with van der Waals surface area (Å²) in [6, 6.07) is 13.2. The molecule has 1 aromatic carbocycles. The van der Waals surface area contributed by atoms with Gasteiger partial charge in [0.05, 0.1) is 5.69 Å². The summed E-state index contributed by atoms with van der Waals surface area (Å²) < 4.78 is 5.40. The van der Waals surface area contributed by atoms with Crippen molar-refractivity contribution in [3.8, 4) is 17.0 Å². The SMILES string of the molecule is CC(C)C(C(=O)O)c1cc(N2CC3(CC(c4cc5cc(-c6ccccc6O)nnc5s4)C3)C2)no1. The lowest BCUT2D eigenvalue weighted by atomic mass is 9.57. The van der Waals surface area contributed by atoms with Crippen LogP contribution < -0.4 is 4.90 Å². The van der Waals surface area contributed by atoms with E-state index in [9.17, 15) is 15.0 Å². The van der Waals surface area contributed by atoms with E-state index in [-0.39, 0.29) is 17.1 Å². The third-order valence-electron chi connectivity index (χ3n) is 7.37. The first-order chi connectivity index (χ1) is 16.8. The molecule has 1 aliphatic heterocycles. The van der Waals surface area contributed by atoms with Gasteiger partial charge in [0.25, 0.3) is 0 Å². The second kappa shape index (κ2) is 8.05. The first kappa shape index (κ1) is 22.0. The molecule has 4 aromatic rings. The van der Waals surface area contributed by atoms with Crippen LogP contribution >= 0.6 is 11.3 Å². The van der Waals surface area contributed by atoms with E-state index in [1.54, 1.807) is 29.5 Å². The van der Waals surface area contributed by atoms with Crippen LogP contribution in [0.2, 0.25) is 0 Å². The lowest BCUT2D eigenvalue weighted by Crippen LogP contribution is -2.61. The van der Waals surface area contributed by atoms with E-state index >= 15 is 0 Å². The topological polar surface area (TPSA) is 113 Å². The van der Waals surface area contributed by atoms with Crippen LogP contribution in [-0.2, 0) is 4.79 Å². The average Bonchev–Trinajstić information content (AvgIpc) is 3.38. The second-order valence-electron chi connectivity index (χ2n) is 10.3. The third-order valence-corrected chi connectivity index (χ3v) is 8.57. The van der Waals surface area contributed by atoms with Gasteiger partial charge >= 0.3 is 5.97 Å². The van der Waals surface area contributed by atoms with Crippen LogP contribution in [0.15, 0.2) is 47.0 Å². The van der Waals surface area contributed by atoms with E-state index in [1.165, 1.54) is 4.88 Å². The molecule has 9 heteroatoms. The number of phenols is 1. The Labute approximate surface area is 206 Å². The van der Waals surface area contributed by atoms with E-state index in [1.807, 2.05) is 32.0 Å². The number of aromatic hydroxyl groups is 1. The molecule has 2 fully saturated rings. The molecule has 1 atom stereocenters. The van der Waals surface area contributed by atoms with E-state index in [0.29, 0.717) is 22.9 Å². The highest BCUT2D eigenvalue weighted by atomic mass is 32.1. The van der Waals surface area contributed by atoms with Crippen molar-refractivity contribution in [3.05, 3.63) is 53.1 Å². The molecule has 1 saturated carbocycles. The molecular weight excluding hydrogens is 464 g/mol. The van der Waals surface area contributed by atoms with Crippen LogP contribution in [0.25, 0.3) is 21.5 Å². The fourth-order valence-electron chi connectivity index (χ4n) is 5.58. The van der Waals surface area contributed by atoms with E-state index in [0.717, 1.165) is 42.0 Å². The number of nitrogens with zero attached hydrogens (tertiary/aromatic N) is 4. The number of thiophene rings is 1. The Hall–Kier alpha value is -3.46. The molecule has 0 bridgehead atoms. The molecule has 6 rings (SSSR count). The van der Waals surface area contributed by atoms with Gasteiger partial charge in [-0.3, -0.25) is 4.79 Å². The van der Waals surface area contributed by atoms with Gasteiger partial charge in [0.2, 0.25) is 0 Å². The number of aliphatic carboxylic acids is 1. The van der Waals surface area contributed by atoms with Gasteiger partial charge in [0, 0.05) is 40.4 Å². The zero-order chi connectivity index (χ0) is 24.3. The quantitative estimate of drug-likeness (QED) is 0.376. The Balaban J connectivity index is 1.11. The Kier molecular flexibility index (Phi) is 5.07. The minimum Gasteiger partial charge on any atom is -0.507 e. The Bertz CT molecular complexity index is 1410. The van der Waals surface area contributed by atoms with Crippen LogP contribution in [0.3, 0.4) is 0 Å². The van der Waals surface area contributed by atoms with Gasteiger partial charge in [-0.05, 0) is 48.9 Å². The number of anilines is 1. The summed E-state index contributed by atoms with van der Waals surface area (Å²) in [6.07, 6.45) is 2.23. The van der Waals surface area contributed by atoms with Crippen LogP contribution in [0.5, 0.6) is 5.75 Å². The molecule has 0 amide bonds. The van der Waals surface area contributed by atoms with Crippen molar-refractivity contribution in [1.29, 1.82) is 0 Å². The predicted octanol–water partition coefficient (Wildman–Crippen LogP) is 5.26. The smallest absolute Gasteiger partial charge is 0.314 e. The highest BCUT2D eigenvalue weighted by Crippen LogP contribution is 2.58. The third kappa shape index (κ3) is 3.74. The number of fused-ring (bicyclic) bond motifs is 1. The monoisotopic (exact) mass is 490 g/mol. The van der Waals surface area contributed by atoms with Gasteiger partial charge in [-0.1, -0.05) is 31.1 Å². The van der Waals surface area contributed by atoms with Crippen molar-refractivity contribution >= 4 is 33.3 Å². The van der Waals surface area contributed by atoms with E-state index in [4.69, 9.17) is 4.52 Å². The molecular formula is C26H26N4O4S. The summed E-state index contributed by atoms with van der Waals surface area (Å²) in [5.74, 6) is 0.236. The number of carboxylic acids is 1. The van der Waals surface area contributed by atoms with Gasteiger partial charge in [-0.25, -0.2) is 0 Å². The van der Waals surface area contributed by atoms with Crippen molar-refractivity contribution in [1.82, 2.24) is 15.4 Å². The maximum absolute atomic E-state index is 11.6. The lowest BCUT2D eigenvalue weighted by molar-refractivity contribution is -0.140. The summed E-state index contributed by atoms with van der Waals surface area (Å²) in [7, 11) is 0. The zero-order valence-corrected chi connectivity index (χ0v) is 20.3. The largest absolute Gasteiger partial charge is 0.507 e. The number of phenolic OH excluding ortho intramolecular Hbond substituents is 1. The van der Waals surface area contributed by atoms with Crippen molar-refractivity contribution < 1.29 is 19.5 Å². The molecule has 2 aliphatic rings. The highest BCUT2D eigenvalue weighted by Gasteiger charge is 2.53. The fraction of sp³-hybridized carbons (Fsp3) is 0.385. The molecule has 1 spiro atoms. The highest BCUT2D eigenvalue weighted by molar-refractivity contribution is 7.18. The molecule has 4 heterocycles. The van der Waals surface area contributed by atoms with Crippen molar-refractivity contribution in [2.24, 2.45) is 11.3 Å². The van der Waals surface area contributed by atoms with Crippen LogP contribution in [-0.4, -0.2) is 44.6 Å². The number of hydrogen-bond acceptors (Lipinski definition) is 8. The first-order valence-electron chi connectivity index (χ1n) is 11.8. The average molecular weight is 491 g/mol. The van der Waals surface area contributed by atoms with Gasteiger partial charge in [0.1, 0.15) is 16.5 Å². The molecule has 35 heavy (non-hydrogen) atoms. The van der Waals surface area contributed by atoms with E-state index < -0.39 is 11.9 Å². The predicted molar refractivity (Wildman–Crippen MR) is 133 cm³/mol. The maximum atomic E-state index is 11.6. The fourth-order valence-corrected chi connectivity index (χ4v) is 6.64. The number of carbonyl (C=O) groups is 1. The number of hydrogen-bond donors (Lipinski definition) is 2. The number of carboxylic acid groups (broad SMARTS) is 1. The number of aromatic nitrogens is 3. The summed E-state index contributed by atoms with van der Waals surface area (Å²) in [5.41, 5.74) is 1.65. The molecule has 3 aromatic heterocycles. The molecule has 8 nitrogen and oxygen atoms in total. The minimum atomic E-state index is -0.884. The molecule has 2 N–H and O–H groups in total. The van der Waals surface area contributed by atoms with Crippen molar-refractivity contribution in [2.75, 3.05) is 18.0 Å². The van der Waals surface area contributed by atoms with Crippen molar-refractivity contribution in [3.63, 3.8) is 0 Å². The summed E-state index contributed by atoms with van der Waals surface area (Å²) >= 11 is 1.70. The number of rotatable bonds is 6. The molecule has 1 aliphatic carbocycles. The van der Waals surface area contributed by atoms with Gasteiger partial charge in [0.15, 0.2) is 11.6 Å². The summed E-state index contributed by atoms with van der Waals surface area (Å²) in [4.78, 5) is 16.0. The lowest BCUT2D eigenvalue weighted by Gasteiger charge is -2.59. The zero-order valence-electron chi connectivity index (χ0n) is 19.5. The van der Waals surface area contributed by atoms with Crippen molar-refractivity contribution in [2.45, 2.75) is 38.5 Å². The van der Waals surface area contributed by atoms with Gasteiger partial charge in [-0.2, -0.15) is 0 Å². The normalized spacial score (nSPS) is 18.1. The van der Waals surface area contributed by atoms with E-state index in [2.05, 4.69) is 26.3 Å². The van der Waals surface area contributed by atoms with Gasteiger partial charge < -0.3 is 19.6 Å². The van der Waals surface area contributed by atoms with Crippen LogP contribution in [0.1, 0.15) is 49.2 Å². The Morgan fingerprint density at radius 3 is 2.66 bits per heavy atom. The number of benzene rings is 1. The van der Waals surface area contributed by atoms with Crippen LogP contribution in [0, 0.1) is 11.3 Å². The number of para-hydroxylation sites is 1. The molecule has 180 valence electrons. The van der Waals surface area contributed by atoms with Gasteiger partial charge in [-0.15, -0.1) is 21.5 Å². The Morgan fingerprint density at radius 2 is 1.94 bits per heavy atom. The molecule has 1 saturated heterocycles. The summed E-state index contributed by atoms with van der Waals surface area (Å²) in [6.45, 7) is 5.58. The summed E-state index contributed by atoms with van der Waals surface area (Å²) in [5, 5.41) is 33.6. The second-order valence-corrected chi connectivity index (χ2v) is 11.3. The molecule has 0 radical (unpaired) electrons. The molecule has 1 unspecified atom stereocenters. The standard InChI is InChI=1S/C26H26N4O4S/c1-14(2)23(25(32)33)20-9-22(29-34-20)30-12-26(13-30)10-16(11-26)21-8-15-7-18(27-28-24(15)35-21)17-5-3-4-6-19(17)31/h3-9,14,16,23,31H,10-13H2,1-2H3,(H,32,33). The Morgan fingerprint density at radius 1 is 1.17 bits per heavy atom.